The smallest absolute Gasteiger partial charge is 0.194 e. The SMILES string of the molecule is Fc1cc(N2CCN3CCCCC3C2)cc(F)c1F. The summed E-state index contributed by atoms with van der Waals surface area (Å²) in [5, 5.41) is 0. The molecule has 1 unspecified atom stereocenters. The summed E-state index contributed by atoms with van der Waals surface area (Å²) in [6.07, 6.45) is 3.57. The number of anilines is 1. The zero-order valence-electron chi connectivity index (χ0n) is 10.7. The standard InChI is InChI=1S/C14H17F3N2/c15-12-7-11(8-13(16)14(12)17)19-6-5-18-4-2-1-3-10(18)9-19/h7-8,10H,1-6,9H2. The number of hydrogen-bond acceptors (Lipinski definition) is 2. The number of hydrogen-bond donors (Lipinski definition) is 0. The molecule has 2 saturated heterocycles. The van der Waals surface area contributed by atoms with Gasteiger partial charge in [-0.2, -0.15) is 0 Å². The summed E-state index contributed by atoms with van der Waals surface area (Å²) < 4.78 is 39.5. The molecule has 0 saturated carbocycles. The number of rotatable bonds is 1. The van der Waals surface area contributed by atoms with Gasteiger partial charge < -0.3 is 4.90 Å². The van der Waals surface area contributed by atoms with Crippen LogP contribution >= 0.6 is 0 Å². The molecule has 2 nitrogen and oxygen atoms in total. The molecule has 2 fully saturated rings. The third-order valence-corrected chi connectivity index (χ3v) is 4.17. The van der Waals surface area contributed by atoms with Crippen LogP contribution in [0.2, 0.25) is 0 Å². The maximum atomic E-state index is 13.3. The molecule has 0 aliphatic carbocycles. The van der Waals surface area contributed by atoms with Crippen molar-refractivity contribution in [3.8, 4) is 0 Å². The van der Waals surface area contributed by atoms with E-state index in [1.54, 1.807) is 0 Å². The second-order valence-electron chi connectivity index (χ2n) is 5.35. The van der Waals surface area contributed by atoms with Gasteiger partial charge in [0.25, 0.3) is 0 Å². The van der Waals surface area contributed by atoms with Crippen LogP contribution < -0.4 is 4.90 Å². The van der Waals surface area contributed by atoms with Gasteiger partial charge in [-0.1, -0.05) is 6.42 Å². The van der Waals surface area contributed by atoms with Crippen LogP contribution in [0.1, 0.15) is 19.3 Å². The van der Waals surface area contributed by atoms with E-state index in [2.05, 4.69) is 4.90 Å². The summed E-state index contributed by atoms with van der Waals surface area (Å²) >= 11 is 0. The summed E-state index contributed by atoms with van der Waals surface area (Å²) in [6.45, 7) is 3.53. The molecule has 3 rings (SSSR count). The molecule has 5 heteroatoms. The quantitative estimate of drug-likeness (QED) is 0.724. The monoisotopic (exact) mass is 270 g/mol. The summed E-state index contributed by atoms with van der Waals surface area (Å²) in [5.74, 6) is -3.61. The van der Waals surface area contributed by atoms with Crippen LogP contribution in [0.3, 0.4) is 0 Å². The fraction of sp³-hybridized carbons (Fsp3) is 0.571. The minimum absolute atomic E-state index is 0.446. The molecule has 0 spiro atoms. The highest BCUT2D eigenvalue weighted by atomic mass is 19.2. The highest BCUT2D eigenvalue weighted by molar-refractivity contribution is 5.48. The number of fused-ring (bicyclic) bond motifs is 1. The van der Waals surface area contributed by atoms with Crippen molar-refractivity contribution in [3.63, 3.8) is 0 Å². The predicted octanol–water partition coefficient (Wildman–Crippen LogP) is 2.78. The van der Waals surface area contributed by atoms with Crippen molar-refractivity contribution in [1.29, 1.82) is 0 Å². The van der Waals surface area contributed by atoms with Crippen molar-refractivity contribution >= 4 is 5.69 Å². The van der Waals surface area contributed by atoms with Gasteiger partial charge in [0.15, 0.2) is 17.5 Å². The normalized spacial score (nSPS) is 24.4. The molecule has 0 radical (unpaired) electrons. The zero-order valence-corrected chi connectivity index (χ0v) is 10.7. The van der Waals surface area contributed by atoms with E-state index < -0.39 is 17.5 Å². The highest BCUT2D eigenvalue weighted by Crippen LogP contribution is 2.27. The maximum absolute atomic E-state index is 13.3. The van der Waals surface area contributed by atoms with Crippen LogP contribution in [-0.4, -0.2) is 37.1 Å². The van der Waals surface area contributed by atoms with Gasteiger partial charge in [-0.25, -0.2) is 13.2 Å². The minimum Gasteiger partial charge on any atom is -0.369 e. The second kappa shape index (κ2) is 5.04. The van der Waals surface area contributed by atoms with Crippen LogP contribution in [-0.2, 0) is 0 Å². The summed E-state index contributed by atoms with van der Waals surface area (Å²) in [7, 11) is 0. The number of piperidine rings is 1. The first kappa shape index (κ1) is 12.8. The van der Waals surface area contributed by atoms with Gasteiger partial charge in [0, 0.05) is 43.5 Å². The third kappa shape index (κ3) is 2.43. The number of piperazine rings is 1. The Morgan fingerprint density at radius 2 is 1.68 bits per heavy atom. The van der Waals surface area contributed by atoms with Crippen LogP contribution in [0.4, 0.5) is 18.9 Å². The van der Waals surface area contributed by atoms with E-state index in [4.69, 9.17) is 0 Å². The Kier molecular flexibility index (Phi) is 3.39. The van der Waals surface area contributed by atoms with E-state index in [1.165, 1.54) is 12.8 Å². The van der Waals surface area contributed by atoms with Crippen LogP contribution in [0.15, 0.2) is 12.1 Å². The molecule has 0 N–H and O–H groups in total. The third-order valence-electron chi connectivity index (χ3n) is 4.17. The van der Waals surface area contributed by atoms with E-state index in [1.807, 2.05) is 4.90 Å². The van der Waals surface area contributed by atoms with Crippen molar-refractivity contribution < 1.29 is 13.2 Å². The number of benzene rings is 1. The molecule has 19 heavy (non-hydrogen) atoms. The van der Waals surface area contributed by atoms with E-state index >= 15 is 0 Å². The average Bonchev–Trinajstić information content (AvgIpc) is 2.43. The van der Waals surface area contributed by atoms with Crippen molar-refractivity contribution in [2.45, 2.75) is 25.3 Å². The van der Waals surface area contributed by atoms with Gasteiger partial charge in [0.2, 0.25) is 0 Å². The van der Waals surface area contributed by atoms with Crippen molar-refractivity contribution in [3.05, 3.63) is 29.6 Å². The lowest BCUT2D eigenvalue weighted by atomic mass is 9.99. The molecule has 1 aromatic carbocycles. The molecule has 0 amide bonds. The minimum atomic E-state index is -1.39. The predicted molar refractivity (Wildman–Crippen MR) is 67.7 cm³/mol. The number of nitrogens with zero attached hydrogens (tertiary/aromatic N) is 2. The van der Waals surface area contributed by atoms with Crippen LogP contribution in [0.5, 0.6) is 0 Å². The molecule has 0 aromatic heterocycles. The van der Waals surface area contributed by atoms with Crippen molar-refractivity contribution in [2.75, 3.05) is 31.1 Å². The van der Waals surface area contributed by atoms with E-state index in [-0.39, 0.29) is 0 Å². The molecular weight excluding hydrogens is 253 g/mol. The molecule has 2 aliphatic heterocycles. The molecular formula is C14H17F3N2. The summed E-state index contributed by atoms with van der Waals surface area (Å²) in [6, 6.07) is 2.65. The van der Waals surface area contributed by atoms with Crippen LogP contribution in [0, 0.1) is 17.5 Å². The summed E-state index contributed by atoms with van der Waals surface area (Å²) in [5.41, 5.74) is 0.446. The second-order valence-corrected chi connectivity index (χ2v) is 5.35. The first-order chi connectivity index (χ1) is 9.15. The molecule has 1 atom stereocenters. The lowest BCUT2D eigenvalue weighted by Gasteiger charge is -2.44. The number of halogens is 3. The van der Waals surface area contributed by atoms with E-state index in [0.29, 0.717) is 11.7 Å². The summed E-state index contributed by atoms with van der Waals surface area (Å²) in [4.78, 5) is 4.40. The van der Waals surface area contributed by atoms with Gasteiger partial charge >= 0.3 is 0 Å². The zero-order chi connectivity index (χ0) is 13.4. The Bertz CT molecular complexity index is 455. The molecule has 2 aliphatic rings. The van der Waals surface area contributed by atoms with E-state index in [9.17, 15) is 13.2 Å². The molecule has 1 aromatic rings. The Morgan fingerprint density at radius 1 is 0.947 bits per heavy atom. The molecule has 0 bridgehead atoms. The van der Waals surface area contributed by atoms with Crippen LogP contribution in [0.25, 0.3) is 0 Å². The molecule has 2 heterocycles. The highest BCUT2D eigenvalue weighted by Gasteiger charge is 2.29. The Morgan fingerprint density at radius 3 is 2.42 bits per heavy atom. The lowest BCUT2D eigenvalue weighted by Crippen LogP contribution is -2.54. The Hall–Kier alpha value is -1.23. The Labute approximate surface area is 110 Å². The largest absolute Gasteiger partial charge is 0.369 e. The van der Waals surface area contributed by atoms with Gasteiger partial charge in [-0.3, -0.25) is 4.90 Å². The molecule has 104 valence electrons. The van der Waals surface area contributed by atoms with Gasteiger partial charge in [-0.15, -0.1) is 0 Å². The van der Waals surface area contributed by atoms with Gasteiger partial charge in [-0.05, 0) is 19.4 Å². The fourth-order valence-electron chi connectivity index (χ4n) is 3.12. The first-order valence-electron chi connectivity index (χ1n) is 6.78. The van der Waals surface area contributed by atoms with Gasteiger partial charge in [0.1, 0.15) is 0 Å². The maximum Gasteiger partial charge on any atom is 0.194 e. The van der Waals surface area contributed by atoms with E-state index in [0.717, 1.165) is 44.7 Å². The first-order valence-corrected chi connectivity index (χ1v) is 6.78. The lowest BCUT2D eigenvalue weighted by molar-refractivity contribution is 0.133. The topological polar surface area (TPSA) is 6.48 Å². The average molecular weight is 270 g/mol. The van der Waals surface area contributed by atoms with Gasteiger partial charge in [0.05, 0.1) is 0 Å². The van der Waals surface area contributed by atoms with Crippen molar-refractivity contribution in [2.24, 2.45) is 0 Å². The van der Waals surface area contributed by atoms with Crippen molar-refractivity contribution in [1.82, 2.24) is 4.90 Å². The fourth-order valence-corrected chi connectivity index (χ4v) is 3.12. The Balaban J connectivity index is 1.79.